The van der Waals surface area contributed by atoms with Crippen molar-refractivity contribution in [2.45, 2.75) is 44.5 Å². The van der Waals surface area contributed by atoms with Crippen LogP contribution < -0.4 is 4.74 Å². The summed E-state index contributed by atoms with van der Waals surface area (Å²) in [6.45, 7) is -3.09. The zero-order valence-corrected chi connectivity index (χ0v) is 11.2. The lowest BCUT2D eigenvalue weighted by molar-refractivity contribution is -0.0506. The monoisotopic (exact) mass is 300 g/mol. The van der Waals surface area contributed by atoms with Crippen molar-refractivity contribution in [1.82, 2.24) is 0 Å². The Balaban J connectivity index is 1.87. The lowest BCUT2D eigenvalue weighted by Crippen LogP contribution is -2.30. The van der Waals surface area contributed by atoms with Gasteiger partial charge in [0.2, 0.25) is 0 Å². The summed E-state index contributed by atoms with van der Waals surface area (Å²) in [7, 11) is 0. The standard InChI is InChI=1S/C15H15F3O3/c16-11-2-1-3-12(21-15(17)18)13(11)14(19)8-6-9-4-5-10(7-8)20-9/h1-3,8-10,15H,4-7H2. The van der Waals surface area contributed by atoms with Gasteiger partial charge in [0.15, 0.2) is 5.78 Å². The number of Topliss-reactive ketones (excluding diaryl/α,β-unsaturated/α-hetero) is 1. The Bertz CT molecular complexity index is 535. The van der Waals surface area contributed by atoms with Crippen LogP contribution in [-0.4, -0.2) is 24.6 Å². The molecule has 2 atom stereocenters. The molecule has 2 unspecified atom stereocenters. The molecule has 21 heavy (non-hydrogen) atoms. The Hall–Kier alpha value is -1.56. The van der Waals surface area contributed by atoms with Crippen LogP contribution >= 0.6 is 0 Å². The lowest BCUT2D eigenvalue weighted by atomic mass is 9.87. The van der Waals surface area contributed by atoms with Crippen molar-refractivity contribution in [2.24, 2.45) is 5.92 Å². The number of hydrogen-bond acceptors (Lipinski definition) is 3. The fourth-order valence-electron chi connectivity index (χ4n) is 3.21. The Kier molecular flexibility index (Phi) is 3.89. The quantitative estimate of drug-likeness (QED) is 0.797. The molecule has 3 nitrogen and oxygen atoms in total. The van der Waals surface area contributed by atoms with Gasteiger partial charge in [-0.25, -0.2) is 4.39 Å². The molecule has 2 bridgehead atoms. The van der Waals surface area contributed by atoms with Gasteiger partial charge in [-0.2, -0.15) is 8.78 Å². The molecule has 114 valence electrons. The molecular formula is C15H15F3O3. The number of ketones is 1. The molecule has 0 N–H and O–H groups in total. The maximum absolute atomic E-state index is 13.9. The summed E-state index contributed by atoms with van der Waals surface area (Å²) in [5.41, 5.74) is -0.371. The summed E-state index contributed by atoms with van der Waals surface area (Å²) in [4.78, 5) is 12.5. The molecule has 2 aliphatic rings. The molecule has 0 spiro atoms. The smallest absolute Gasteiger partial charge is 0.387 e. The van der Waals surface area contributed by atoms with E-state index in [2.05, 4.69) is 4.74 Å². The van der Waals surface area contributed by atoms with Crippen molar-refractivity contribution in [3.63, 3.8) is 0 Å². The van der Waals surface area contributed by atoms with Crippen molar-refractivity contribution in [2.75, 3.05) is 0 Å². The van der Waals surface area contributed by atoms with Gasteiger partial charge >= 0.3 is 6.61 Å². The van der Waals surface area contributed by atoms with Crippen LogP contribution in [0.5, 0.6) is 5.75 Å². The highest BCUT2D eigenvalue weighted by Gasteiger charge is 2.39. The average molecular weight is 300 g/mol. The second-order valence-electron chi connectivity index (χ2n) is 5.48. The summed E-state index contributed by atoms with van der Waals surface area (Å²) in [5, 5.41) is 0. The Labute approximate surface area is 120 Å². The second-order valence-corrected chi connectivity index (χ2v) is 5.48. The lowest BCUT2D eigenvalue weighted by Gasteiger charge is -2.27. The largest absolute Gasteiger partial charge is 0.434 e. The van der Waals surface area contributed by atoms with E-state index in [0.29, 0.717) is 12.8 Å². The topological polar surface area (TPSA) is 35.5 Å². The van der Waals surface area contributed by atoms with Crippen LogP contribution in [0.2, 0.25) is 0 Å². The molecule has 0 aromatic heterocycles. The van der Waals surface area contributed by atoms with E-state index in [0.717, 1.165) is 18.9 Å². The van der Waals surface area contributed by atoms with E-state index in [-0.39, 0.29) is 17.8 Å². The van der Waals surface area contributed by atoms with Gasteiger partial charge in [0.05, 0.1) is 17.8 Å². The first-order valence-corrected chi connectivity index (χ1v) is 6.97. The molecule has 2 fully saturated rings. The molecule has 0 saturated carbocycles. The minimum absolute atomic E-state index is 0.0175. The van der Waals surface area contributed by atoms with E-state index >= 15 is 0 Å². The van der Waals surface area contributed by atoms with Crippen LogP contribution in [0, 0.1) is 11.7 Å². The number of ether oxygens (including phenoxy) is 2. The van der Waals surface area contributed by atoms with Crippen molar-refractivity contribution >= 4 is 5.78 Å². The van der Waals surface area contributed by atoms with Gasteiger partial charge in [0.1, 0.15) is 11.6 Å². The zero-order valence-electron chi connectivity index (χ0n) is 11.2. The molecular weight excluding hydrogens is 285 g/mol. The first-order valence-electron chi connectivity index (χ1n) is 6.97. The van der Waals surface area contributed by atoms with Crippen molar-refractivity contribution in [3.05, 3.63) is 29.6 Å². The van der Waals surface area contributed by atoms with Crippen LogP contribution in [0.3, 0.4) is 0 Å². The van der Waals surface area contributed by atoms with Crippen LogP contribution in [0.15, 0.2) is 18.2 Å². The Morgan fingerprint density at radius 3 is 2.52 bits per heavy atom. The third kappa shape index (κ3) is 2.90. The molecule has 0 aliphatic carbocycles. The highest BCUT2D eigenvalue weighted by Crippen LogP contribution is 2.38. The number of carbonyl (C=O) groups excluding carboxylic acids is 1. The molecule has 6 heteroatoms. The number of hydrogen-bond donors (Lipinski definition) is 0. The summed E-state index contributed by atoms with van der Waals surface area (Å²) in [6, 6.07) is 3.52. The van der Waals surface area contributed by atoms with Crippen molar-refractivity contribution in [1.29, 1.82) is 0 Å². The summed E-state index contributed by atoms with van der Waals surface area (Å²) in [6.07, 6.45) is 2.85. The van der Waals surface area contributed by atoms with Gasteiger partial charge in [0, 0.05) is 5.92 Å². The van der Waals surface area contributed by atoms with E-state index in [1.54, 1.807) is 0 Å². The van der Waals surface area contributed by atoms with Crippen LogP contribution in [-0.2, 0) is 4.74 Å². The van der Waals surface area contributed by atoms with Gasteiger partial charge in [-0.15, -0.1) is 0 Å². The van der Waals surface area contributed by atoms with Gasteiger partial charge in [-0.1, -0.05) is 6.07 Å². The second kappa shape index (κ2) is 5.67. The fraction of sp³-hybridized carbons (Fsp3) is 0.533. The minimum atomic E-state index is -3.09. The maximum Gasteiger partial charge on any atom is 0.387 e. The van der Waals surface area contributed by atoms with E-state index in [1.807, 2.05) is 0 Å². The van der Waals surface area contributed by atoms with Gasteiger partial charge in [0.25, 0.3) is 0 Å². The molecule has 3 rings (SSSR count). The minimum Gasteiger partial charge on any atom is -0.434 e. The van der Waals surface area contributed by atoms with Crippen molar-refractivity contribution < 1.29 is 27.4 Å². The SMILES string of the molecule is O=C(c1c(F)cccc1OC(F)F)C1CC2CCC(C1)O2. The molecule has 1 aromatic carbocycles. The molecule has 1 aromatic rings. The van der Waals surface area contributed by atoms with Gasteiger partial charge < -0.3 is 9.47 Å². The molecule has 0 radical (unpaired) electrons. The molecule has 2 aliphatic heterocycles. The number of fused-ring (bicyclic) bond motifs is 2. The van der Waals surface area contributed by atoms with E-state index in [4.69, 9.17) is 4.74 Å². The zero-order chi connectivity index (χ0) is 15.0. The number of benzene rings is 1. The fourth-order valence-corrected chi connectivity index (χ4v) is 3.21. The van der Waals surface area contributed by atoms with E-state index < -0.39 is 29.9 Å². The van der Waals surface area contributed by atoms with E-state index in [9.17, 15) is 18.0 Å². The van der Waals surface area contributed by atoms with Crippen LogP contribution in [0.25, 0.3) is 0 Å². The Morgan fingerprint density at radius 1 is 1.24 bits per heavy atom. The van der Waals surface area contributed by atoms with Gasteiger partial charge in [-0.05, 0) is 37.8 Å². The number of rotatable bonds is 4. The number of halogens is 3. The molecule has 2 heterocycles. The van der Waals surface area contributed by atoms with Crippen LogP contribution in [0.1, 0.15) is 36.0 Å². The highest BCUT2D eigenvalue weighted by atomic mass is 19.3. The summed E-state index contributed by atoms with van der Waals surface area (Å²) in [5.74, 6) is -2.08. The first-order chi connectivity index (χ1) is 10.0. The van der Waals surface area contributed by atoms with Crippen molar-refractivity contribution in [3.8, 4) is 5.75 Å². The third-order valence-electron chi connectivity index (χ3n) is 4.10. The average Bonchev–Trinajstić information content (AvgIpc) is 2.76. The molecule has 2 saturated heterocycles. The summed E-state index contributed by atoms with van der Waals surface area (Å²) < 4.78 is 48.7. The van der Waals surface area contributed by atoms with Crippen LogP contribution in [0.4, 0.5) is 13.2 Å². The highest BCUT2D eigenvalue weighted by molar-refractivity contribution is 6.00. The normalized spacial score (nSPS) is 27.9. The summed E-state index contributed by atoms with van der Waals surface area (Å²) >= 11 is 0. The van der Waals surface area contributed by atoms with Gasteiger partial charge in [-0.3, -0.25) is 4.79 Å². The Morgan fingerprint density at radius 2 is 1.90 bits per heavy atom. The number of alkyl halides is 2. The predicted octanol–water partition coefficient (Wildman–Crippen LogP) is 3.57. The first kappa shape index (κ1) is 14.4. The molecule has 0 amide bonds. The number of carbonyl (C=O) groups is 1. The maximum atomic E-state index is 13.9. The third-order valence-corrected chi connectivity index (χ3v) is 4.10. The predicted molar refractivity (Wildman–Crippen MR) is 68.0 cm³/mol. The van der Waals surface area contributed by atoms with E-state index in [1.165, 1.54) is 12.1 Å².